The first kappa shape index (κ1) is 20.1. The molecule has 0 amide bonds. The average Bonchev–Trinajstić information content (AvgIpc) is 3.11. The maximum absolute atomic E-state index is 12.8. The molecule has 2 aromatic heterocycles. The molecule has 1 N–H and O–H groups in total. The van der Waals surface area contributed by atoms with Gasteiger partial charge in [-0.25, -0.2) is 4.79 Å². The number of hydrogen-bond donors (Lipinski definition) is 1. The Morgan fingerprint density at radius 2 is 2.17 bits per heavy atom. The molecule has 1 atom stereocenters. The normalized spacial score (nSPS) is 11.7. The standard InChI is InChI=1S/C19H15ClN4O5/c1-10-22-17(23-29-10)7-15(19(26)27)24-9-16(28-2)14(6-18(24)25)13-5-12(20)4-3-11(13)8-21/h3-6,9,15H,7H2,1-2H3,(H,26,27). The molecule has 3 aromatic rings. The second-order valence-corrected chi connectivity index (χ2v) is 6.53. The van der Waals surface area contributed by atoms with Crippen molar-refractivity contribution in [2.45, 2.75) is 19.4 Å². The zero-order chi connectivity index (χ0) is 21.1. The van der Waals surface area contributed by atoms with Crippen molar-refractivity contribution in [1.29, 1.82) is 5.26 Å². The van der Waals surface area contributed by atoms with Gasteiger partial charge < -0.3 is 14.4 Å². The predicted octanol–water partition coefficient (Wildman–Crippen LogP) is 2.61. The van der Waals surface area contributed by atoms with Crippen molar-refractivity contribution in [3.8, 4) is 22.9 Å². The number of hydrogen-bond acceptors (Lipinski definition) is 7. The van der Waals surface area contributed by atoms with Crippen molar-refractivity contribution < 1.29 is 19.2 Å². The van der Waals surface area contributed by atoms with Crippen LogP contribution in [0.3, 0.4) is 0 Å². The number of carboxylic acid groups (broad SMARTS) is 1. The third-order valence-electron chi connectivity index (χ3n) is 4.22. The van der Waals surface area contributed by atoms with E-state index in [9.17, 15) is 20.0 Å². The van der Waals surface area contributed by atoms with Crippen molar-refractivity contribution in [2.75, 3.05) is 7.11 Å². The number of aliphatic carboxylic acids is 1. The van der Waals surface area contributed by atoms with E-state index in [2.05, 4.69) is 10.1 Å². The highest BCUT2D eigenvalue weighted by Gasteiger charge is 2.25. The van der Waals surface area contributed by atoms with Crippen LogP contribution in [0.1, 0.15) is 23.3 Å². The third kappa shape index (κ3) is 4.12. The molecule has 0 aliphatic heterocycles. The number of carboxylic acids is 1. The molecule has 0 aliphatic rings. The summed E-state index contributed by atoms with van der Waals surface area (Å²) in [6.07, 6.45) is 1.13. The lowest BCUT2D eigenvalue weighted by molar-refractivity contribution is -0.141. The summed E-state index contributed by atoms with van der Waals surface area (Å²) in [4.78, 5) is 28.6. The average molecular weight is 415 g/mol. The van der Waals surface area contributed by atoms with Gasteiger partial charge in [0.05, 0.1) is 24.9 Å². The SMILES string of the molecule is COc1cn(C(Cc2noc(C)n2)C(=O)O)c(=O)cc1-c1cc(Cl)ccc1C#N. The van der Waals surface area contributed by atoms with E-state index in [-0.39, 0.29) is 23.9 Å². The lowest BCUT2D eigenvalue weighted by Crippen LogP contribution is -2.31. The number of benzene rings is 1. The molecule has 148 valence electrons. The smallest absolute Gasteiger partial charge is 0.327 e. The molecule has 1 aromatic carbocycles. The molecule has 0 saturated heterocycles. The van der Waals surface area contributed by atoms with Gasteiger partial charge in [-0.2, -0.15) is 10.2 Å². The molecule has 0 aliphatic carbocycles. The molecule has 2 heterocycles. The summed E-state index contributed by atoms with van der Waals surface area (Å²) < 4.78 is 11.2. The van der Waals surface area contributed by atoms with Gasteiger partial charge in [0.25, 0.3) is 5.56 Å². The molecule has 29 heavy (non-hydrogen) atoms. The number of carbonyl (C=O) groups is 1. The zero-order valence-electron chi connectivity index (χ0n) is 15.4. The van der Waals surface area contributed by atoms with Gasteiger partial charge in [-0.05, 0) is 18.2 Å². The van der Waals surface area contributed by atoms with Gasteiger partial charge in [0.15, 0.2) is 5.82 Å². The number of rotatable bonds is 6. The summed E-state index contributed by atoms with van der Waals surface area (Å²) in [5.74, 6) is -0.593. The van der Waals surface area contributed by atoms with Crippen molar-refractivity contribution in [1.82, 2.24) is 14.7 Å². The fourth-order valence-electron chi connectivity index (χ4n) is 2.88. The lowest BCUT2D eigenvalue weighted by atomic mass is 10.00. The Kier molecular flexibility index (Phi) is 5.66. The number of aromatic nitrogens is 3. The van der Waals surface area contributed by atoms with Crippen LogP contribution >= 0.6 is 11.6 Å². The highest BCUT2D eigenvalue weighted by Crippen LogP contribution is 2.33. The van der Waals surface area contributed by atoms with E-state index in [1.165, 1.54) is 25.4 Å². The quantitative estimate of drug-likeness (QED) is 0.651. The van der Waals surface area contributed by atoms with Crippen molar-refractivity contribution in [3.63, 3.8) is 0 Å². The van der Waals surface area contributed by atoms with Gasteiger partial charge >= 0.3 is 5.97 Å². The van der Waals surface area contributed by atoms with Gasteiger partial charge in [0.1, 0.15) is 11.8 Å². The van der Waals surface area contributed by atoms with Crippen molar-refractivity contribution in [3.05, 3.63) is 63.1 Å². The summed E-state index contributed by atoms with van der Waals surface area (Å²) in [6.45, 7) is 1.58. The fraction of sp³-hybridized carbons (Fsp3) is 0.211. The fourth-order valence-corrected chi connectivity index (χ4v) is 3.06. The minimum atomic E-state index is -1.28. The van der Waals surface area contributed by atoms with Crippen LogP contribution in [0.5, 0.6) is 5.75 Å². The molecule has 0 spiro atoms. The minimum absolute atomic E-state index is 0.157. The van der Waals surface area contributed by atoms with Crippen LogP contribution in [0.4, 0.5) is 0 Å². The number of halogens is 1. The van der Waals surface area contributed by atoms with Gasteiger partial charge in [0, 0.05) is 35.6 Å². The second kappa shape index (κ2) is 8.16. The Morgan fingerprint density at radius 3 is 2.76 bits per heavy atom. The Bertz CT molecular complexity index is 1180. The van der Waals surface area contributed by atoms with Gasteiger partial charge in [0.2, 0.25) is 5.89 Å². The van der Waals surface area contributed by atoms with Crippen LogP contribution in [0.15, 0.2) is 39.8 Å². The zero-order valence-corrected chi connectivity index (χ0v) is 16.2. The van der Waals surface area contributed by atoms with E-state index >= 15 is 0 Å². The monoisotopic (exact) mass is 414 g/mol. The largest absolute Gasteiger partial charge is 0.495 e. The summed E-state index contributed by atoms with van der Waals surface area (Å²) in [6, 6.07) is 6.60. The third-order valence-corrected chi connectivity index (χ3v) is 4.46. The van der Waals surface area contributed by atoms with Gasteiger partial charge in [-0.15, -0.1) is 0 Å². The van der Waals surface area contributed by atoms with Crippen molar-refractivity contribution in [2.24, 2.45) is 0 Å². The van der Waals surface area contributed by atoms with Crippen LogP contribution in [-0.2, 0) is 11.2 Å². The summed E-state index contributed by atoms with van der Waals surface area (Å²) in [5.41, 5.74) is 0.424. The van der Waals surface area contributed by atoms with Gasteiger partial charge in [-0.3, -0.25) is 9.36 Å². The highest BCUT2D eigenvalue weighted by molar-refractivity contribution is 6.31. The highest BCUT2D eigenvalue weighted by atomic mass is 35.5. The predicted molar refractivity (Wildman–Crippen MR) is 102 cm³/mol. The van der Waals surface area contributed by atoms with E-state index in [1.807, 2.05) is 6.07 Å². The molecular formula is C19H15ClN4O5. The van der Waals surface area contributed by atoms with Crippen LogP contribution in [0.25, 0.3) is 11.1 Å². The molecule has 0 bridgehead atoms. The molecule has 0 fully saturated rings. The van der Waals surface area contributed by atoms with E-state index < -0.39 is 17.6 Å². The molecule has 9 nitrogen and oxygen atoms in total. The van der Waals surface area contributed by atoms with Crippen LogP contribution in [-0.4, -0.2) is 32.9 Å². The maximum atomic E-state index is 12.8. The Hall–Kier alpha value is -3.64. The second-order valence-electron chi connectivity index (χ2n) is 6.09. The van der Waals surface area contributed by atoms with Crippen LogP contribution in [0.2, 0.25) is 5.02 Å². The number of nitriles is 1. The first-order valence-electron chi connectivity index (χ1n) is 8.36. The molecule has 3 rings (SSSR count). The summed E-state index contributed by atoms with van der Waals surface area (Å²) in [7, 11) is 1.38. The molecular weight excluding hydrogens is 400 g/mol. The van der Waals surface area contributed by atoms with E-state index in [0.717, 1.165) is 4.57 Å². The topological polar surface area (TPSA) is 131 Å². The van der Waals surface area contributed by atoms with Crippen LogP contribution in [0, 0.1) is 18.3 Å². The van der Waals surface area contributed by atoms with Crippen LogP contribution < -0.4 is 10.3 Å². The number of nitrogens with zero attached hydrogens (tertiary/aromatic N) is 4. The number of aryl methyl sites for hydroxylation is 1. The maximum Gasteiger partial charge on any atom is 0.327 e. The van der Waals surface area contributed by atoms with E-state index in [0.29, 0.717) is 21.7 Å². The molecule has 0 radical (unpaired) electrons. The number of pyridine rings is 1. The Morgan fingerprint density at radius 1 is 1.41 bits per heavy atom. The Labute approximate surface area is 169 Å². The van der Waals surface area contributed by atoms with E-state index in [1.54, 1.807) is 19.1 Å². The number of methoxy groups -OCH3 is 1. The molecule has 1 unspecified atom stereocenters. The first-order valence-corrected chi connectivity index (χ1v) is 8.74. The number of ether oxygens (including phenoxy) is 1. The molecule has 10 heteroatoms. The molecule has 0 saturated carbocycles. The first-order chi connectivity index (χ1) is 13.8. The lowest BCUT2D eigenvalue weighted by Gasteiger charge is -2.17. The van der Waals surface area contributed by atoms with Gasteiger partial charge in [-0.1, -0.05) is 16.8 Å². The Balaban J connectivity index is 2.13. The summed E-state index contributed by atoms with van der Waals surface area (Å²) in [5, 5.41) is 23.1. The summed E-state index contributed by atoms with van der Waals surface area (Å²) >= 11 is 6.04. The minimum Gasteiger partial charge on any atom is -0.495 e. The van der Waals surface area contributed by atoms with Crippen molar-refractivity contribution >= 4 is 17.6 Å². The van der Waals surface area contributed by atoms with E-state index in [4.69, 9.17) is 20.9 Å².